The number of hydrogen-bond acceptors (Lipinski definition) is 3. The number of aryl methyl sites for hydroxylation is 2. The molecule has 0 saturated carbocycles. The van der Waals surface area contributed by atoms with Gasteiger partial charge in [0.25, 0.3) is 11.5 Å². The normalized spacial score (nSPS) is 10.8. The summed E-state index contributed by atoms with van der Waals surface area (Å²) < 4.78 is 5.54. The van der Waals surface area contributed by atoms with Gasteiger partial charge in [-0.2, -0.15) is 0 Å². The van der Waals surface area contributed by atoms with E-state index in [9.17, 15) is 9.59 Å². The Labute approximate surface area is 187 Å². The van der Waals surface area contributed by atoms with Crippen LogP contribution in [0.2, 0.25) is 0 Å². The highest BCUT2D eigenvalue weighted by molar-refractivity contribution is 6.07. The summed E-state index contributed by atoms with van der Waals surface area (Å²) in [6, 6.07) is 22.6. The largest absolute Gasteiger partial charge is 0.494 e. The SMILES string of the molecule is CCOc1ccc(N(Cc2cc3cc(C)ccc3[nH]c2=O)C(=O)c2ccccc2C)cc1. The predicted molar refractivity (Wildman–Crippen MR) is 129 cm³/mol. The van der Waals surface area contributed by atoms with Gasteiger partial charge in [-0.05, 0) is 80.3 Å². The van der Waals surface area contributed by atoms with E-state index >= 15 is 0 Å². The molecule has 0 radical (unpaired) electrons. The summed E-state index contributed by atoms with van der Waals surface area (Å²) in [4.78, 5) is 31.0. The molecule has 0 fully saturated rings. The summed E-state index contributed by atoms with van der Waals surface area (Å²) in [5.41, 5.74) is 4.40. The second kappa shape index (κ2) is 9.10. The molecule has 5 heteroatoms. The lowest BCUT2D eigenvalue weighted by Gasteiger charge is -2.24. The first kappa shape index (κ1) is 21.4. The van der Waals surface area contributed by atoms with Gasteiger partial charge in [0.1, 0.15) is 5.75 Å². The van der Waals surface area contributed by atoms with Crippen LogP contribution in [-0.4, -0.2) is 17.5 Å². The molecule has 3 aromatic carbocycles. The number of amides is 1. The Morgan fingerprint density at radius 2 is 1.72 bits per heavy atom. The van der Waals surface area contributed by atoms with E-state index in [1.807, 2.05) is 93.6 Å². The fraction of sp³-hybridized carbons (Fsp3) is 0.185. The molecule has 0 atom stereocenters. The molecule has 1 heterocycles. The van der Waals surface area contributed by atoms with Crippen LogP contribution >= 0.6 is 0 Å². The summed E-state index contributed by atoms with van der Waals surface area (Å²) >= 11 is 0. The minimum Gasteiger partial charge on any atom is -0.494 e. The van der Waals surface area contributed by atoms with Crippen molar-refractivity contribution in [3.05, 3.63) is 105 Å². The lowest BCUT2D eigenvalue weighted by Crippen LogP contribution is -2.33. The molecular weight excluding hydrogens is 400 g/mol. The number of hydrogen-bond donors (Lipinski definition) is 1. The van der Waals surface area contributed by atoms with Crippen molar-refractivity contribution in [1.82, 2.24) is 4.98 Å². The van der Waals surface area contributed by atoms with Crippen molar-refractivity contribution in [3.63, 3.8) is 0 Å². The number of carbonyl (C=O) groups excluding carboxylic acids is 1. The van der Waals surface area contributed by atoms with Crippen molar-refractivity contribution < 1.29 is 9.53 Å². The fourth-order valence-corrected chi connectivity index (χ4v) is 3.79. The first-order chi connectivity index (χ1) is 15.5. The average molecular weight is 427 g/mol. The van der Waals surface area contributed by atoms with Crippen LogP contribution in [0.25, 0.3) is 10.9 Å². The Morgan fingerprint density at radius 3 is 2.44 bits per heavy atom. The van der Waals surface area contributed by atoms with E-state index < -0.39 is 0 Å². The molecule has 4 rings (SSSR count). The minimum absolute atomic E-state index is 0.153. The number of nitrogens with one attached hydrogen (secondary N) is 1. The van der Waals surface area contributed by atoms with Gasteiger partial charge in [0.05, 0.1) is 13.2 Å². The number of pyridine rings is 1. The summed E-state index contributed by atoms with van der Waals surface area (Å²) in [6.45, 7) is 6.57. The quantitative estimate of drug-likeness (QED) is 0.450. The van der Waals surface area contributed by atoms with Crippen LogP contribution in [0.3, 0.4) is 0 Å². The summed E-state index contributed by atoms with van der Waals surface area (Å²) in [5, 5.41) is 0.939. The molecule has 162 valence electrons. The number of aromatic amines is 1. The number of aromatic nitrogens is 1. The van der Waals surface area contributed by atoms with E-state index in [0.717, 1.165) is 27.8 Å². The molecule has 0 aliphatic heterocycles. The van der Waals surface area contributed by atoms with Crippen molar-refractivity contribution in [1.29, 1.82) is 0 Å². The first-order valence-corrected chi connectivity index (χ1v) is 10.7. The van der Waals surface area contributed by atoms with Crippen LogP contribution in [0.1, 0.15) is 34.0 Å². The number of benzene rings is 3. The first-order valence-electron chi connectivity index (χ1n) is 10.7. The standard InChI is InChI=1S/C27H26N2O3/c1-4-32-23-12-10-22(11-13-23)29(27(31)24-8-6-5-7-19(24)3)17-21-16-20-15-18(2)9-14-25(20)28-26(21)30/h5-16H,4,17H2,1-3H3,(H,28,30). The molecule has 4 aromatic rings. The summed E-state index contributed by atoms with van der Waals surface area (Å²) in [7, 11) is 0. The Kier molecular flexibility index (Phi) is 6.08. The smallest absolute Gasteiger partial charge is 0.258 e. The van der Waals surface area contributed by atoms with E-state index in [1.54, 1.807) is 4.90 Å². The molecule has 0 saturated heterocycles. The maximum absolute atomic E-state index is 13.6. The van der Waals surface area contributed by atoms with Crippen LogP contribution in [-0.2, 0) is 6.54 Å². The van der Waals surface area contributed by atoms with Gasteiger partial charge in [0.15, 0.2) is 0 Å². The van der Waals surface area contributed by atoms with Crippen molar-refractivity contribution in [3.8, 4) is 5.75 Å². The number of fused-ring (bicyclic) bond motifs is 1. The number of rotatable bonds is 6. The highest BCUT2D eigenvalue weighted by Crippen LogP contribution is 2.24. The number of carbonyl (C=O) groups is 1. The third kappa shape index (κ3) is 4.42. The second-order valence-corrected chi connectivity index (χ2v) is 7.85. The van der Waals surface area contributed by atoms with Gasteiger partial charge in [-0.3, -0.25) is 9.59 Å². The Morgan fingerprint density at radius 1 is 0.969 bits per heavy atom. The van der Waals surface area contributed by atoms with E-state index in [4.69, 9.17) is 4.74 Å². The van der Waals surface area contributed by atoms with E-state index in [0.29, 0.717) is 23.4 Å². The van der Waals surface area contributed by atoms with Crippen LogP contribution in [0.5, 0.6) is 5.75 Å². The molecule has 0 aliphatic carbocycles. The zero-order valence-corrected chi connectivity index (χ0v) is 18.5. The molecule has 1 aromatic heterocycles. The Bertz CT molecular complexity index is 1320. The monoisotopic (exact) mass is 426 g/mol. The molecule has 0 aliphatic rings. The third-order valence-electron chi connectivity index (χ3n) is 5.49. The van der Waals surface area contributed by atoms with Gasteiger partial charge < -0.3 is 14.6 Å². The molecule has 0 bridgehead atoms. The highest BCUT2D eigenvalue weighted by atomic mass is 16.5. The number of nitrogens with zero attached hydrogens (tertiary/aromatic N) is 1. The minimum atomic E-state index is -0.199. The van der Waals surface area contributed by atoms with Gasteiger partial charge in [-0.25, -0.2) is 0 Å². The van der Waals surface area contributed by atoms with Gasteiger partial charge in [-0.15, -0.1) is 0 Å². The van der Waals surface area contributed by atoms with E-state index in [1.165, 1.54) is 0 Å². The zero-order valence-electron chi connectivity index (χ0n) is 18.5. The molecule has 32 heavy (non-hydrogen) atoms. The Hall–Kier alpha value is -3.86. The highest BCUT2D eigenvalue weighted by Gasteiger charge is 2.21. The number of anilines is 1. The van der Waals surface area contributed by atoms with E-state index in [2.05, 4.69) is 4.98 Å². The molecule has 0 unspecified atom stereocenters. The van der Waals surface area contributed by atoms with Crippen LogP contribution in [0.15, 0.2) is 77.6 Å². The van der Waals surface area contributed by atoms with Gasteiger partial charge in [-0.1, -0.05) is 29.8 Å². The fourth-order valence-electron chi connectivity index (χ4n) is 3.79. The molecule has 1 amide bonds. The van der Waals surface area contributed by atoms with Crippen molar-refractivity contribution in [2.75, 3.05) is 11.5 Å². The molecule has 0 spiro atoms. The number of ether oxygens (including phenoxy) is 1. The lowest BCUT2D eigenvalue weighted by atomic mass is 10.1. The van der Waals surface area contributed by atoms with Crippen LogP contribution in [0.4, 0.5) is 5.69 Å². The maximum Gasteiger partial charge on any atom is 0.258 e. The summed E-state index contributed by atoms with van der Waals surface area (Å²) in [6.07, 6.45) is 0. The van der Waals surface area contributed by atoms with Crippen LogP contribution in [0, 0.1) is 13.8 Å². The van der Waals surface area contributed by atoms with Gasteiger partial charge >= 0.3 is 0 Å². The summed E-state index contributed by atoms with van der Waals surface area (Å²) in [5.74, 6) is 0.578. The Balaban J connectivity index is 1.78. The van der Waals surface area contributed by atoms with E-state index in [-0.39, 0.29) is 18.0 Å². The third-order valence-corrected chi connectivity index (χ3v) is 5.49. The van der Waals surface area contributed by atoms with Gasteiger partial charge in [0.2, 0.25) is 0 Å². The van der Waals surface area contributed by atoms with Crippen LogP contribution < -0.4 is 15.2 Å². The number of H-pyrrole nitrogens is 1. The van der Waals surface area contributed by atoms with Crippen molar-refractivity contribution >= 4 is 22.5 Å². The second-order valence-electron chi connectivity index (χ2n) is 7.85. The average Bonchev–Trinajstić information content (AvgIpc) is 2.79. The zero-order chi connectivity index (χ0) is 22.7. The van der Waals surface area contributed by atoms with Gasteiger partial charge in [0, 0.05) is 22.3 Å². The molecular formula is C27H26N2O3. The topological polar surface area (TPSA) is 62.4 Å². The maximum atomic E-state index is 13.6. The molecule has 5 nitrogen and oxygen atoms in total. The van der Waals surface area contributed by atoms with Crippen molar-refractivity contribution in [2.45, 2.75) is 27.3 Å². The lowest BCUT2D eigenvalue weighted by molar-refractivity contribution is 0.0984. The van der Waals surface area contributed by atoms with Crippen molar-refractivity contribution in [2.24, 2.45) is 0 Å². The molecule has 1 N–H and O–H groups in total. The predicted octanol–water partition coefficient (Wildman–Crippen LogP) is 5.39.